The zero-order valence-corrected chi connectivity index (χ0v) is 19.0. The summed E-state index contributed by atoms with van der Waals surface area (Å²) in [6.45, 7) is 4.49. The molecule has 0 saturated carbocycles. The summed E-state index contributed by atoms with van der Waals surface area (Å²) in [5.41, 5.74) is 4.60. The van der Waals surface area contributed by atoms with Gasteiger partial charge in [0.1, 0.15) is 18.2 Å². The smallest absolute Gasteiger partial charge is 0.128 e. The molecule has 1 aliphatic rings. The van der Waals surface area contributed by atoms with Gasteiger partial charge in [0, 0.05) is 48.2 Å². The van der Waals surface area contributed by atoms with Gasteiger partial charge < -0.3 is 15.0 Å². The number of hydrogen-bond donors (Lipinski definition) is 2. The van der Waals surface area contributed by atoms with E-state index in [9.17, 15) is 9.65 Å². The van der Waals surface area contributed by atoms with E-state index < -0.39 is 0 Å². The molecule has 7 heteroatoms. The van der Waals surface area contributed by atoms with E-state index in [1.54, 1.807) is 6.07 Å². The molecule has 0 fully saturated rings. The number of nitrogens with one attached hydrogen (secondary N) is 2. The minimum Gasteiger partial charge on any atom is -0.492 e. The van der Waals surface area contributed by atoms with Crippen LogP contribution < -0.4 is 10.1 Å². The maximum absolute atomic E-state index is 15.4. The fourth-order valence-electron chi connectivity index (χ4n) is 4.77. The topological polar surface area (TPSA) is 64.1 Å². The van der Waals surface area contributed by atoms with E-state index in [0.29, 0.717) is 50.4 Å². The van der Waals surface area contributed by atoms with Crippen LogP contribution in [0.5, 0.6) is 5.75 Å². The lowest BCUT2D eigenvalue weighted by atomic mass is 9.89. The molecule has 5 nitrogen and oxygen atoms in total. The molecule has 0 spiro atoms. The Morgan fingerprint density at radius 3 is 2.91 bits per heavy atom. The van der Waals surface area contributed by atoms with Crippen LogP contribution in [0.1, 0.15) is 41.3 Å². The minimum atomic E-state index is -0.340. The number of aromatic amines is 1. The van der Waals surface area contributed by atoms with E-state index in [0.717, 1.165) is 29.7 Å². The van der Waals surface area contributed by atoms with Gasteiger partial charge in [0.05, 0.1) is 18.8 Å². The first-order valence-electron chi connectivity index (χ1n) is 11.5. The van der Waals surface area contributed by atoms with Crippen LogP contribution in [-0.2, 0) is 6.42 Å². The van der Waals surface area contributed by atoms with Gasteiger partial charge in [-0.15, -0.1) is 0 Å². The summed E-state index contributed by atoms with van der Waals surface area (Å²) in [6, 6.07) is 13.2. The summed E-state index contributed by atoms with van der Waals surface area (Å²) < 4.78 is 33.6. The molecule has 0 aliphatic carbocycles. The van der Waals surface area contributed by atoms with Gasteiger partial charge in [-0.05, 0) is 55.6 Å². The van der Waals surface area contributed by atoms with Crippen LogP contribution in [0.15, 0.2) is 36.4 Å². The molecular weight excluding hydrogens is 422 g/mol. The molecule has 1 aliphatic heterocycles. The van der Waals surface area contributed by atoms with Crippen molar-refractivity contribution in [2.75, 3.05) is 39.5 Å². The number of halogens is 2. The standard InChI is InChI=1S/C26H30F2N4O/c1-18-23(33-17-14-30-13-4-11-27)9-8-21(28)24(18)26-25-20(10-16-32(26)15-5-12-29)19-6-2-3-7-22(19)31-25/h2-3,6-9,26,30-31H,4-5,10-11,13-17H2,1H3/t26-/m1/s1. The number of ether oxygens (including phenoxy) is 1. The molecule has 1 atom stereocenters. The molecule has 4 rings (SSSR count). The highest BCUT2D eigenvalue weighted by molar-refractivity contribution is 5.85. The first-order chi connectivity index (χ1) is 16.2. The second-order valence-corrected chi connectivity index (χ2v) is 8.38. The normalized spacial score (nSPS) is 16.0. The second-order valence-electron chi connectivity index (χ2n) is 8.38. The highest BCUT2D eigenvalue weighted by Gasteiger charge is 2.34. The molecule has 2 heterocycles. The van der Waals surface area contributed by atoms with Gasteiger partial charge in [0.2, 0.25) is 0 Å². The summed E-state index contributed by atoms with van der Waals surface area (Å²) >= 11 is 0. The maximum atomic E-state index is 15.4. The zero-order chi connectivity index (χ0) is 23.2. The van der Waals surface area contributed by atoms with E-state index in [1.165, 1.54) is 17.0 Å². The lowest BCUT2D eigenvalue weighted by Crippen LogP contribution is -2.37. The van der Waals surface area contributed by atoms with Gasteiger partial charge in [0.15, 0.2) is 0 Å². The number of para-hydroxylation sites is 1. The molecule has 1 aromatic heterocycles. The number of rotatable bonds is 10. The van der Waals surface area contributed by atoms with Crippen LogP contribution in [0.3, 0.4) is 0 Å². The highest BCUT2D eigenvalue weighted by Crippen LogP contribution is 2.42. The van der Waals surface area contributed by atoms with Crippen LogP contribution in [-0.4, -0.2) is 49.3 Å². The van der Waals surface area contributed by atoms with E-state index in [-0.39, 0.29) is 18.5 Å². The van der Waals surface area contributed by atoms with E-state index >= 15 is 4.39 Å². The van der Waals surface area contributed by atoms with Gasteiger partial charge in [-0.1, -0.05) is 18.2 Å². The third-order valence-electron chi connectivity index (χ3n) is 6.35. The molecule has 174 valence electrons. The Labute approximate surface area is 193 Å². The Morgan fingerprint density at radius 2 is 2.09 bits per heavy atom. The maximum Gasteiger partial charge on any atom is 0.128 e. The van der Waals surface area contributed by atoms with Crippen LogP contribution in [0, 0.1) is 24.1 Å². The van der Waals surface area contributed by atoms with Gasteiger partial charge in [-0.25, -0.2) is 4.39 Å². The Balaban J connectivity index is 1.68. The second kappa shape index (κ2) is 10.8. The lowest BCUT2D eigenvalue weighted by Gasteiger charge is -2.36. The molecule has 0 radical (unpaired) electrons. The molecule has 0 unspecified atom stereocenters. The third kappa shape index (κ3) is 4.87. The van der Waals surface area contributed by atoms with Crippen molar-refractivity contribution >= 4 is 10.9 Å². The Bertz CT molecular complexity index is 1140. The third-order valence-corrected chi connectivity index (χ3v) is 6.35. The number of aromatic nitrogens is 1. The fraction of sp³-hybridized carbons (Fsp3) is 0.423. The Morgan fingerprint density at radius 1 is 1.24 bits per heavy atom. The number of benzene rings is 2. The Kier molecular flexibility index (Phi) is 7.58. The van der Waals surface area contributed by atoms with Crippen molar-refractivity contribution < 1.29 is 13.5 Å². The van der Waals surface area contributed by atoms with E-state index in [1.807, 2.05) is 25.1 Å². The van der Waals surface area contributed by atoms with Crippen molar-refractivity contribution in [2.45, 2.75) is 32.2 Å². The average molecular weight is 453 g/mol. The number of nitrogens with zero attached hydrogens (tertiary/aromatic N) is 2. The summed E-state index contributed by atoms with van der Waals surface area (Å²) in [6.07, 6.45) is 1.71. The predicted molar refractivity (Wildman–Crippen MR) is 126 cm³/mol. The number of alkyl halides is 1. The quantitative estimate of drug-likeness (QED) is 0.434. The van der Waals surface area contributed by atoms with Crippen molar-refractivity contribution in [2.24, 2.45) is 0 Å². The molecule has 33 heavy (non-hydrogen) atoms. The molecule has 0 amide bonds. The molecule has 0 saturated heterocycles. The van der Waals surface area contributed by atoms with Crippen LogP contribution in [0.4, 0.5) is 8.78 Å². The number of fused-ring (bicyclic) bond motifs is 3. The van der Waals surface area contributed by atoms with Gasteiger partial charge in [0.25, 0.3) is 0 Å². The van der Waals surface area contributed by atoms with Crippen LogP contribution in [0.2, 0.25) is 0 Å². The Hall–Kier alpha value is -2.95. The minimum absolute atomic E-state index is 0.278. The molecule has 3 aromatic rings. The lowest BCUT2D eigenvalue weighted by molar-refractivity contribution is 0.210. The van der Waals surface area contributed by atoms with E-state index in [4.69, 9.17) is 4.74 Å². The number of hydrogen-bond acceptors (Lipinski definition) is 4. The largest absolute Gasteiger partial charge is 0.492 e. The fourth-order valence-corrected chi connectivity index (χ4v) is 4.77. The van der Waals surface area contributed by atoms with Crippen molar-refractivity contribution in [1.29, 1.82) is 5.26 Å². The van der Waals surface area contributed by atoms with Crippen molar-refractivity contribution in [3.63, 3.8) is 0 Å². The summed E-state index contributed by atoms with van der Waals surface area (Å²) in [4.78, 5) is 5.73. The number of H-pyrrole nitrogens is 1. The predicted octanol–water partition coefficient (Wildman–Crippen LogP) is 4.80. The molecular formula is C26H30F2N4O. The number of nitriles is 1. The van der Waals surface area contributed by atoms with Crippen molar-refractivity contribution in [3.8, 4) is 11.8 Å². The van der Waals surface area contributed by atoms with Gasteiger partial charge >= 0.3 is 0 Å². The van der Waals surface area contributed by atoms with Gasteiger partial charge in [-0.3, -0.25) is 9.29 Å². The van der Waals surface area contributed by atoms with Crippen LogP contribution in [0.25, 0.3) is 10.9 Å². The molecule has 2 N–H and O–H groups in total. The SMILES string of the molecule is Cc1c(OCCNCCCF)ccc(F)c1[C@@H]1c2[nH]c3ccccc3c2CCN1CCC#N. The zero-order valence-electron chi connectivity index (χ0n) is 19.0. The first kappa shape index (κ1) is 23.2. The summed E-state index contributed by atoms with van der Waals surface area (Å²) in [5, 5.41) is 13.5. The van der Waals surface area contributed by atoms with E-state index in [2.05, 4.69) is 27.3 Å². The summed E-state index contributed by atoms with van der Waals surface area (Å²) in [7, 11) is 0. The molecule has 2 aromatic carbocycles. The van der Waals surface area contributed by atoms with Gasteiger partial charge in [-0.2, -0.15) is 5.26 Å². The highest BCUT2D eigenvalue weighted by atomic mass is 19.1. The van der Waals surface area contributed by atoms with Crippen LogP contribution >= 0.6 is 0 Å². The van der Waals surface area contributed by atoms with Crippen molar-refractivity contribution in [3.05, 3.63) is 64.6 Å². The first-order valence-corrected chi connectivity index (χ1v) is 11.5. The van der Waals surface area contributed by atoms with Crippen molar-refractivity contribution in [1.82, 2.24) is 15.2 Å². The monoisotopic (exact) mass is 452 g/mol. The summed E-state index contributed by atoms with van der Waals surface area (Å²) in [5.74, 6) is 0.363. The average Bonchev–Trinajstić information content (AvgIpc) is 3.20. The molecule has 0 bridgehead atoms.